The molecule has 0 bridgehead atoms. The summed E-state index contributed by atoms with van der Waals surface area (Å²) in [5.74, 6) is -0.165. The monoisotopic (exact) mass is 249 g/mol. The SMILES string of the molecule is CCN(CC)C(=O)c1oc2ccc(F)cc2c1C. The van der Waals surface area contributed by atoms with Gasteiger partial charge in [-0.1, -0.05) is 0 Å². The zero-order chi connectivity index (χ0) is 13.3. The molecule has 0 saturated heterocycles. The molecule has 96 valence electrons. The van der Waals surface area contributed by atoms with Crippen molar-refractivity contribution in [3.05, 3.63) is 35.3 Å². The van der Waals surface area contributed by atoms with Gasteiger partial charge in [0.1, 0.15) is 11.4 Å². The normalized spacial score (nSPS) is 10.9. The molecule has 0 aliphatic rings. The highest BCUT2D eigenvalue weighted by Gasteiger charge is 2.21. The number of amides is 1. The lowest BCUT2D eigenvalue weighted by molar-refractivity contribution is 0.0742. The van der Waals surface area contributed by atoms with Crippen molar-refractivity contribution >= 4 is 16.9 Å². The van der Waals surface area contributed by atoms with Gasteiger partial charge in [0.05, 0.1) is 0 Å². The predicted molar refractivity (Wildman–Crippen MR) is 68.2 cm³/mol. The Morgan fingerprint density at radius 1 is 1.33 bits per heavy atom. The summed E-state index contributed by atoms with van der Waals surface area (Å²) >= 11 is 0. The third kappa shape index (κ3) is 1.98. The second-order valence-corrected chi connectivity index (χ2v) is 4.17. The highest BCUT2D eigenvalue weighted by molar-refractivity contribution is 5.98. The number of furan rings is 1. The zero-order valence-electron chi connectivity index (χ0n) is 10.8. The Balaban J connectivity index is 2.52. The Kier molecular flexibility index (Phi) is 3.36. The van der Waals surface area contributed by atoms with Gasteiger partial charge < -0.3 is 9.32 Å². The molecule has 0 N–H and O–H groups in total. The molecule has 0 fully saturated rings. The van der Waals surface area contributed by atoms with E-state index >= 15 is 0 Å². The van der Waals surface area contributed by atoms with E-state index < -0.39 is 0 Å². The van der Waals surface area contributed by atoms with Crippen LogP contribution >= 0.6 is 0 Å². The quantitative estimate of drug-likeness (QED) is 0.835. The van der Waals surface area contributed by atoms with Crippen LogP contribution in [0.4, 0.5) is 4.39 Å². The number of halogens is 1. The third-order valence-corrected chi connectivity index (χ3v) is 3.14. The van der Waals surface area contributed by atoms with Crippen LogP contribution in [-0.2, 0) is 0 Å². The lowest BCUT2D eigenvalue weighted by Crippen LogP contribution is -2.30. The van der Waals surface area contributed by atoms with Crippen molar-refractivity contribution in [1.82, 2.24) is 4.90 Å². The van der Waals surface area contributed by atoms with Crippen molar-refractivity contribution in [2.45, 2.75) is 20.8 Å². The van der Waals surface area contributed by atoms with Gasteiger partial charge in [0, 0.05) is 24.0 Å². The van der Waals surface area contributed by atoms with Crippen LogP contribution in [0, 0.1) is 12.7 Å². The summed E-state index contributed by atoms with van der Waals surface area (Å²) in [6, 6.07) is 4.28. The van der Waals surface area contributed by atoms with Gasteiger partial charge in [-0.15, -0.1) is 0 Å². The number of benzene rings is 1. The third-order valence-electron chi connectivity index (χ3n) is 3.14. The fourth-order valence-electron chi connectivity index (χ4n) is 2.05. The van der Waals surface area contributed by atoms with E-state index in [4.69, 9.17) is 4.42 Å². The van der Waals surface area contributed by atoms with E-state index in [2.05, 4.69) is 0 Å². The Hall–Kier alpha value is -1.84. The molecule has 1 aromatic heterocycles. The molecule has 0 aliphatic heterocycles. The highest BCUT2D eigenvalue weighted by Crippen LogP contribution is 2.26. The first-order valence-corrected chi connectivity index (χ1v) is 6.06. The fourth-order valence-corrected chi connectivity index (χ4v) is 2.05. The molecule has 0 atom stereocenters. The summed E-state index contributed by atoms with van der Waals surface area (Å²) in [7, 11) is 0. The molecule has 2 aromatic rings. The Bertz CT molecular complexity index is 585. The lowest BCUT2D eigenvalue weighted by Gasteiger charge is -2.17. The maximum Gasteiger partial charge on any atom is 0.289 e. The Morgan fingerprint density at radius 2 is 2.00 bits per heavy atom. The molecule has 18 heavy (non-hydrogen) atoms. The summed E-state index contributed by atoms with van der Waals surface area (Å²) in [6.07, 6.45) is 0. The molecule has 0 spiro atoms. The summed E-state index contributed by atoms with van der Waals surface area (Å²) in [5, 5.41) is 0.658. The van der Waals surface area contributed by atoms with Crippen molar-refractivity contribution < 1.29 is 13.6 Å². The van der Waals surface area contributed by atoms with Gasteiger partial charge in [-0.3, -0.25) is 4.79 Å². The standard InChI is InChI=1S/C14H16FNO2/c1-4-16(5-2)14(17)13-9(3)11-8-10(15)6-7-12(11)18-13/h6-8H,4-5H2,1-3H3. The van der Waals surface area contributed by atoms with Crippen LogP contribution < -0.4 is 0 Å². The van der Waals surface area contributed by atoms with Gasteiger partial charge in [0.2, 0.25) is 0 Å². The van der Waals surface area contributed by atoms with Crippen LogP contribution in [0.25, 0.3) is 11.0 Å². The second kappa shape index (κ2) is 4.80. The van der Waals surface area contributed by atoms with E-state index in [1.807, 2.05) is 13.8 Å². The first-order valence-electron chi connectivity index (χ1n) is 6.06. The molecule has 1 heterocycles. The second-order valence-electron chi connectivity index (χ2n) is 4.17. The number of carbonyl (C=O) groups excluding carboxylic acids is 1. The van der Waals surface area contributed by atoms with Crippen molar-refractivity contribution in [2.75, 3.05) is 13.1 Å². The maximum atomic E-state index is 13.2. The highest BCUT2D eigenvalue weighted by atomic mass is 19.1. The lowest BCUT2D eigenvalue weighted by atomic mass is 10.1. The van der Waals surface area contributed by atoms with E-state index in [0.29, 0.717) is 35.4 Å². The van der Waals surface area contributed by atoms with Crippen LogP contribution in [0.5, 0.6) is 0 Å². The first-order chi connectivity index (χ1) is 8.58. The number of fused-ring (bicyclic) bond motifs is 1. The summed E-state index contributed by atoms with van der Waals surface area (Å²) < 4.78 is 18.7. The van der Waals surface area contributed by atoms with Crippen LogP contribution in [0.1, 0.15) is 30.0 Å². The van der Waals surface area contributed by atoms with Crippen LogP contribution in [0.2, 0.25) is 0 Å². The van der Waals surface area contributed by atoms with Crippen molar-refractivity contribution in [3.8, 4) is 0 Å². The molecule has 0 radical (unpaired) electrons. The van der Waals surface area contributed by atoms with Gasteiger partial charge in [0.15, 0.2) is 5.76 Å². The molecular weight excluding hydrogens is 233 g/mol. The number of aryl methyl sites for hydroxylation is 1. The van der Waals surface area contributed by atoms with E-state index in [1.54, 1.807) is 17.9 Å². The van der Waals surface area contributed by atoms with E-state index in [0.717, 1.165) is 0 Å². The minimum atomic E-state index is -0.326. The van der Waals surface area contributed by atoms with Gasteiger partial charge in [-0.05, 0) is 39.0 Å². The molecule has 4 heteroatoms. The van der Waals surface area contributed by atoms with Gasteiger partial charge in [0.25, 0.3) is 5.91 Å². The molecule has 0 unspecified atom stereocenters. The largest absolute Gasteiger partial charge is 0.451 e. The molecule has 0 saturated carbocycles. The molecule has 3 nitrogen and oxygen atoms in total. The van der Waals surface area contributed by atoms with Crippen molar-refractivity contribution in [1.29, 1.82) is 0 Å². The molecule has 1 aromatic carbocycles. The maximum absolute atomic E-state index is 13.2. The fraction of sp³-hybridized carbons (Fsp3) is 0.357. The van der Waals surface area contributed by atoms with Gasteiger partial charge in [-0.25, -0.2) is 4.39 Å². The van der Waals surface area contributed by atoms with Gasteiger partial charge in [-0.2, -0.15) is 0 Å². The Labute approximate surface area is 105 Å². The average molecular weight is 249 g/mol. The summed E-state index contributed by atoms with van der Waals surface area (Å²) in [5.41, 5.74) is 1.24. The van der Waals surface area contributed by atoms with Gasteiger partial charge >= 0.3 is 0 Å². The first kappa shape index (κ1) is 12.6. The number of rotatable bonds is 3. The van der Waals surface area contributed by atoms with Crippen LogP contribution in [-0.4, -0.2) is 23.9 Å². The number of hydrogen-bond donors (Lipinski definition) is 0. The number of nitrogens with zero attached hydrogens (tertiary/aromatic N) is 1. The van der Waals surface area contributed by atoms with E-state index in [9.17, 15) is 9.18 Å². The minimum Gasteiger partial charge on any atom is -0.451 e. The zero-order valence-corrected chi connectivity index (χ0v) is 10.8. The average Bonchev–Trinajstić information content (AvgIpc) is 2.68. The summed E-state index contributed by atoms with van der Waals surface area (Å²) in [6.45, 7) is 6.86. The van der Waals surface area contributed by atoms with Crippen LogP contribution in [0.15, 0.2) is 22.6 Å². The topological polar surface area (TPSA) is 33.5 Å². The number of hydrogen-bond acceptors (Lipinski definition) is 2. The predicted octanol–water partition coefficient (Wildman–Crippen LogP) is 3.36. The summed E-state index contributed by atoms with van der Waals surface area (Å²) in [4.78, 5) is 13.9. The van der Waals surface area contributed by atoms with Crippen LogP contribution in [0.3, 0.4) is 0 Å². The van der Waals surface area contributed by atoms with Crippen molar-refractivity contribution in [2.24, 2.45) is 0 Å². The smallest absolute Gasteiger partial charge is 0.289 e. The minimum absolute atomic E-state index is 0.144. The van der Waals surface area contributed by atoms with Crippen molar-refractivity contribution in [3.63, 3.8) is 0 Å². The molecule has 0 aliphatic carbocycles. The molecular formula is C14H16FNO2. The van der Waals surface area contributed by atoms with E-state index in [1.165, 1.54) is 12.1 Å². The molecule has 1 amide bonds. The number of carbonyl (C=O) groups is 1. The van der Waals surface area contributed by atoms with E-state index in [-0.39, 0.29) is 11.7 Å². The Morgan fingerprint density at radius 3 is 2.61 bits per heavy atom. The molecule has 2 rings (SSSR count).